The van der Waals surface area contributed by atoms with Crippen molar-refractivity contribution in [2.75, 3.05) is 0 Å². The Morgan fingerprint density at radius 3 is 1.61 bits per heavy atom. The highest BCUT2D eigenvalue weighted by Gasteiger charge is 2.37. The summed E-state index contributed by atoms with van der Waals surface area (Å²) in [5, 5.41) is 4.08. The Bertz CT molecular complexity index is 1350. The van der Waals surface area contributed by atoms with Crippen molar-refractivity contribution in [3.05, 3.63) is 152 Å². The van der Waals surface area contributed by atoms with E-state index in [1.54, 1.807) is 12.5 Å². The van der Waals surface area contributed by atoms with Gasteiger partial charge in [-0.05, 0) is 53.7 Å². The third-order valence-corrected chi connectivity index (χ3v) is 11.6. The average Bonchev–Trinajstić information content (AvgIpc) is 3.74. The molecule has 0 saturated heterocycles. The second kappa shape index (κ2) is 10.7. The van der Waals surface area contributed by atoms with Gasteiger partial charge in [-0.15, -0.1) is 0 Å². The number of furan rings is 2. The van der Waals surface area contributed by atoms with Crippen molar-refractivity contribution in [1.82, 2.24) is 0 Å². The zero-order valence-corrected chi connectivity index (χ0v) is 21.5. The molecule has 0 aliphatic heterocycles. The molecule has 1 atom stereocenters. The van der Waals surface area contributed by atoms with Crippen LogP contribution in [-0.2, 0) is 0 Å². The van der Waals surface area contributed by atoms with Crippen LogP contribution < -0.4 is 26.9 Å². The van der Waals surface area contributed by atoms with Crippen LogP contribution in [0, 0.1) is 5.92 Å². The lowest BCUT2D eigenvalue weighted by Crippen LogP contribution is -2.28. The number of benzene rings is 3. The first-order chi connectivity index (χ1) is 17.9. The van der Waals surface area contributed by atoms with E-state index in [0.717, 1.165) is 11.0 Å². The standard InChI is InChI=1S/C32H26O2P2/c1-3-15-26(16-4-1)35(27-17-5-2-6-18-27)29-20-10-9-19-28(29)32(25-13-7-8-14-25)36(30-21-11-23-33-30)31-22-12-24-34-31/h1-25,32H/t32-/m0/s1. The van der Waals surface area contributed by atoms with E-state index in [1.807, 2.05) is 12.1 Å². The van der Waals surface area contributed by atoms with Crippen molar-refractivity contribution in [3.8, 4) is 0 Å². The predicted molar refractivity (Wildman–Crippen MR) is 153 cm³/mol. The highest BCUT2D eigenvalue weighted by Crippen LogP contribution is 2.56. The molecule has 0 bridgehead atoms. The van der Waals surface area contributed by atoms with Crippen molar-refractivity contribution in [3.63, 3.8) is 0 Å². The minimum absolute atomic E-state index is 0.168. The molecule has 0 fully saturated rings. The molecule has 0 saturated carbocycles. The Kier molecular flexibility index (Phi) is 6.81. The number of hydrogen-bond donors (Lipinski definition) is 0. The van der Waals surface area contributed by atoms with Crippen molar-refractivity contribution in [2.24, 2.45) is 5.92 Å². The van der Waals surface area contributed by atoms with Gasteiger partial charge in [-0.3, -0.25) is 0 Å². The van der Waals surface area contributed by atoms with Gasteiger partial charge in [0.15, 0.2) is 0 Å². The van der Waals surface area contributed by atoms with E-state index < -0.39 is 15.8 Å². The lowest BCUT2D eigenvalue weighted by Gasteiger charge is -2.32. The summed E-state index contributed by atoms with van der Waals surface area (Å²) >= 11 is 0. The molecule has 0 N–H and O–H groups in total. The van der Waals surface area contributed by atoms with Crippen LogP contribution in [-0.4, -0.2) is 0 Å². The summed E-state index contributed by atoms with van der Waals surface area (Å²) in [4.78, 5) is 0. The minimum Gasteiger partial charge on any atom is -0.464 e. The van der Waals surface area contributed by atoms with Gasteiger partial charge >= 0.3 is 0 Å². The molecule has 176 valence electrons. The maximum absolute atomic E-state index is 6.08. The highest BCUT2D eigenvalue weighted by atomic mass is 31.1. The molecule has 2 nitrogen and oxygen atoms in total. The number of hydrogen-bond acceptors (Lipinski definition) is 2. The molecule has 2 aromatic heterocycles. The molecule has 3 aromatic carbocycles. The fourth-order valence-corrected chi connectivity index (χ4v) is 10.2. The van der Waals surface area contributed by atoms with Gasteiger partial charge in [0.25, 0.3) is 0 Å². The summed E-state index contributed by atoms with van der Waals surface area (Å²) in [5.41, 5.74) is 3.49. The maximum atomic E-state index is 6.08. The molecule has 2 heterocycles. The van der Waals surface area contributed by atoms with Gasteiger partial charge in [-0.1, -0.05) is 109 Å². The van der Waals surface area contributed by atoms with Crippen LogP contribution in [0.1, 0.15) is 11.2 Å². The van der Waals surface area contributed by atoms with Crippen LogP contribution in [0.3, 0.4) is 0 Å². The fraction of sp³-hybridized carbons (Fsp3) is 0.0625. The maximum Gasteiger partial charge on any atom is 0.133 e. The normalized spacial score (nSPS) is 14.2. The molecule has 0 unspecified atom stereocenters. The van der Waals surface area contributed by atoms with Crippen LogP contribution in [0.5, 0.6) is 0 Å². The van der Waals surface area contributed by atoms with E-state index in [-0.39, 0.29) is 11.6 Å². The molecule has 0 radical (unpaired) electrons. The van der Waals surface area contributed by atoms with E-state index in [9.17, 15) is 0 Å². The van der Waals surface area contributed by atoms with E-state index in [2.05, 4.69) is 121 Å². The van der Waals surface area contributed by atoms with Gasteiger partial charge in [0.05, 0.1) is 12.5 Å². The van der Waals surface area contributed by atoms with Crippen LogP contribution in [0.2, 0.25) is 0 Å². The third kappa shape index (κ3) is 4.56. The molecule has 0 amide bonds. The van der Waals surface area contributed by atoms with Crippen molar-refractivity contribution < 1.29 is 8.83 Å². The molecule has 6 rings (SSSR count). The van der Waals surface area contributed by atoms with E-state index in [4.69, 9.17) is 8.83 Å². The first-order valence-corrected chi connectivity index (χ1v) is 14.9. The molecular weight excluding hydrogens is 478 g/mol. The average molecular weight is 505 g/mol. The van der Waals surface area contributed by atoms with Gasteiger partial charge in [-0.2, -0.15) is 0 Å². The molecule has 36 heavy (non-hydrogen) atoms. The quantitative estimate of drug-likeness (QED) is 0.224. The second-order valence-electron chi connectivity index (χ2n) is 8.63. The topological polar surface area (TPSA) is 26.3 Å². The van der Waals surface area contributed by atoms with Crippen molar-refractivity contribution in [1.29, 1.82) is 0 Å². The summed E-state index contributed by atoms with van der Waals surface area (Å²) in [6.07, 6.45) is 12.5. The van der Waals surface area contributed by atoms with Gasteiger partial charge in [0.1, 0.15) is 11.0 Å². The summed E-state index contributed by atoms with van der Waals surface area (Å²) in [6.45, 7) is 0. The fourth-order valence-electron chi connectivity index (χ4n) is 4.90. The second-order valence-corrected chi connectivity index (χ2v) is 13.0. The zero-order chi connectivity index (χ0) is 24.2. The first kappa shape index (κ1) is 23.0. The molecule has 5 aromatic rings. The first-order valence-electron chi connectivity index (χ1n) is 12.1. The Morgan fingerprint density at radius 1 is 0.556 bits per heavy atom. The van der Waals surface area contributed by atoms with Gasteiger partial charge < -0.3 is 8.83 Å². The molecule has 0 spiro atoms. The molecule has 1 aliphatic rings. The Labute approximate surface area is 214 Å². The number of rotatable bonds is 8. The predicted octanol–water partition coefficient (Wildman–Crippen LogP) is 6.55. The lowest BCUT2D eigenvalue weighted by molar-refractivity contribution is 0.589. The highest BCUT2D eigenvalue weighted by molar-refractivity contribution is 7.80. The third-order valence-electron chi connectivity index (χ3n) is 6.43. The smallest absolute Gasteiger partial charge is 0.133 e. The summed E-state index contributed by atoms with van der Waals surface area (Å²) in [5.74, 6) is 0.246. The molecule has 4 heteroatoms. The van der Waals surface area contributed by atoms with Crippen molar-refractivity contribution >= 4 is 42.8 Å². The molecular formula is C32H26O2P2. The summed E-state index contributed by atoms with van der Waals surface area (Å²) in [7, 11) is -1.68. The van der Waals surface area contributed by atoms with E-state index in [1.165, 1.54) is 21.5 Å². The minimum atomic E-state index is -0.932. The van der Waals surface area contributed by atoms with Crippen LogP contribution in [0.4, 0.5) is 0 Å². The Morgan fingerprint density at radius 2 is 1.08 bits per heavy atom. The van der Waals surface area contributed by atoms with E-state index in [0.29, 0.717) is 0 Å². The van der Waals surface area contributed by atoms with Crippen molar-refractivity contribution in [2.45, 2.75) is 5.66 Å². The van der Waals surface area contributed by atoms with Crippen LogP contribution in [0.25, 0.3) is 0 Å². The Hall–Kier alpha value is -3.44. The zero-order valence-electron chi connectivity index (χ0n) is 19.7. The summed E-state index contributed by atoms with van der Waals surface area (Å²) in [6, 6.07) is 39.0. The molecule has 1 aliphatic carbocycles. The van der Waals surface area contributed by atoms with Crippen LogP contribution in [0.15, 0.2) is 155 Å². The Balaban J connectivity index is 1.58. The largest absolute Gasteiger partial charge is 0.464 e. The monoisotopic (exact) mass is 504 g/mol. The van der Waals surface area contributed by atoms with Gasteiger partial charge in [0.2, 0.25) is 0 Å². The lowest BCUT2D eigenvalue weighted by atomic mass is 10.00. The van der Waals surface area contributed by atoms with Gasteiger partial charge in [0, 0.05) is 19.5 Å². The number of allylic oxidation sites excluding steroid dienone is 4. The van der Waals surface area contributed by atoms with E-state index >= 15 is 0 Å². The van der Waals surface area contributed by atoms with Crippen LogP contribution >= 0.6 is 15.8 Å². The van der Waals surface area contributed by atoms with Gasteiger partial charge in [-0.25, -0.2) is 0 Å². The summed E-state index contributed by atoms with van der Waals surface area (Å²) < 4.78 is 12.2. The SMILES string of the molecule is C1=CC([C@@H](c2ccccc2P(c2ccccc2)c2ccccc2)P(c2ccco2)c2ccco2)C=C1.